The molecule has 0 fully saturated rings. The molecule has 44 heavy (non-hydrogen) atoms. The van der Waals surface area contributed by atoms with E-state index in [1.54, 1.807) is 6.07 Å². The Bertz CT molecular complexity index is 1440. The van der Waals surface area contributed by atoms with E-state index in [4.69, 9.17) is 0 Å². The topological polar surface area (TPSA) is 0 Å². The molecule has 3 rings (SSSR count). The molecule has 0 atom stereocenters. The lowest BCUT2D eigenvalue weighted by Crippen LogP contribution is -2.05. The van der Waals surface area contributed by atoms with Gasteiger partial charge in [-0.1, -0.05) is 125 Å². The van der Waals surface area contributed by atoms with Gasteiger partial charge in [-0.2, -0.15) is 13.2 Å². The fourth-order valence-corrected chi connectivity index (χ4v) is 4.33. The van der Waals surface area contributed by atoms with Gasteiger partial charge in [-0.15, -0.1) is 0 Å². The standard InChI is InChI=1S/C20H26.C19H19F3.C2H6/c1-7-15(3)13-19(14-18(6)16(4)8-2)20-12-10-9-11-17(20)5;1-3-15-6-4-7-16(12-15)11-10-14(2)17-8-5-9-18(13-17)19(20,21)22;1-2/h8-14H,2,7H2,1,3-6H3;4-9,12-13H,2-3,10-11H2,1H3;1-2H3/b15-13-,18-16+,19-14+;;. The van der Waals surface area contributed by atoms with Crippen molar-refractivity contribution in [2.24, 2.45) is 0 Å². The van der Waals surface area contributed by atoms with E-state index in [1.165, 1.54) is 56.7 Å². The molecule has 0 heterocycles. The lowest BCUT2D eigenvalue weighted by molar-refractivity contribution is -0.137. The predicted octanol–water partition coefficient (Wildman–Crippen LogP) is 13.2. The first-order chi connectivity index (χ1) is 20.9. The van der Waals surface area contributed by atoms with E-state index in [-0.39, 0.29) is 0 Å². The number of hydrogen-bond donors (Lipinski definition) is 0. The van der Waals surface area contributed by atoms with E-state index in [1.807, 2.05) is 32.1 Å². The third-order valence-corrected chi connectivity index (χ3v) is 7.43. The van der Waals surface area contributed by atoms with E-state index < -0.39 is 11.7 Å². The van der Waals surface area contributed by atoms with E-state index >= 15 is 0 Å². The monoisotopic (exact) mass is 600 g/mol. The van der Waals surface area contributed by atoms with Gasteiger partial charge in [-0.05, 0) is 116 Å². The second-order valence-electron chi connectivity index (χ2n) is 10.7. The van der Waals surface area contributed by atoms with Crippen LogP contribution in [0.3, 0.4) is 0 Å². The van der Waals surface area contributed by atoms with Crippen LogP contribution in [0.25, 0.3) is 11.1 Å². The summed E-state index contributed by atoms with van der Waals surface area (Å²) in [6, 6.07) is 22.2. The van der Waals surface area contributed by atoms with Crippen LogP contribution >= 0.6 is 0 Å². The molecular formula is C41H51F3. The number of rotatable bonds is 10. The Kier molecular flexibility index (Phi) is 16.9. The van der Waals surface area contributed by atoms with Crippen LogP contribution in [0, 0.1) is 6.92 Å². The van der Waals surface area contributed by atoms with Gasteiger partial charge in [0.2, 0.25) is 0 Å². The predicted molar refractivity (Wildman–Crippen MR) is 188 cm³/mol. The van der Waals surface area contributed by atoms with Crippen LogP contribution in [0.5, 0.6) is 0 Å². The number of alkyl halides is 3. The fourth-order valence-electron chi connectivity index (χ4n) is 4.33. The van der Waals surface area contributed by atoms with Gasteiger partial charge in [-0.3, -0.25) is 0 Å². The number of hydrogen-bond acceptors (Lipinski definition) is 0. The van der Waals surface area contributed by atoms with Crippen molar-refractivity contribution in [1.29, 1.82) is 0 Å². The van der Waals surface area contributed by atoms with Crippen molar-refractivity contribution in [2.45, 2.75) is 87.2 Å². The first-order valence-corrected chi connectivity index (χ1v) is 15.6. The molecule has 0 radical (unpaired) electrons. The SMILES string of the molecule is C=C(CCc1cccc(CC)c1)c1cccc(C(F)(F)F)c1.C=C/C(C)=C(C)/C=C(\C=C(\C)CC)c1ccccc1C.CC. The summed E-state index contributed by atoms with van der Waals surface area (Å²) in [5, 5.41) is 0. The summed E-state index contributed by atoms with van der Waals surface area (Å²) in [6.07, 6.45) is 5.64. The van der Waals surface area contributed by atoms with E-state index in [0.29, 0.717) is 12.0 Å². The van der Waals surface area contributed by atoms with Crippen LogP contribution < -0.4 is 0 Å². The maximum atomic E-state index is 12.7. The van der Waals surface area contributed by atoms with Crippen molar-refractivity contribution in [3.8, 4) is 0 Å². The number of aryl methyl sites for hydroxylation is 3. The van der Waals surface area contributed by atoms with Crippen molar-refractivity contribution >= 4 is 11.1 Å². The fraction of sp³-hybridized carbons (Fsp3) is 0.317. The Morgan fingerprint density at radius 2 is 1.43 bits per heavy atom. The molecule has 3 aromatic carbocycles. The molecule has 236 valence electrons. The largest absolute Gasteiger partial charge is 0.416 e. The molecule has 0 aliphatic carbocycles. The minimum absolute atomic E-state index is 0.557. The Balaban J connectivity index is 0.000000419. The molecule has 0 unspecified atom stereocenters. The van der Waals surface area contributed by atoms with E-state index in [2.05, 4.69) is 103 Å². The quantitative estimate of drug-likeness (QED) is 0.203. The van der Waals surface area contributed by atoms with Crippen LogP contribution in [0.2, 0.25) is 0 Å². The van der Waals surface area contributed by atoms with Gasteiger partial charge in [0.1, 0.15) is 0 Å². The molecule has 0 aliphatic heterocycles. The molecule has 0 aliphatic rings. The lowest BCUT2D eigenvalue weighted by Gasteiger charge is -2.11. The van der Waals surface area contributed by atoms with Crippen LogP contribution in [-0.2, 0) is 19.0 Å². The molecular weight excluding hydrogens is 549 g/mol. The molecule has 0 spiro atoms. The van der Waals surface area contributed by atoms with Gasteiger partial charge < -0.3 is 0 Å². The zero-order valence-electron chi connectivity index (χ0n) is 28.0. The highest BCUT2D eigenvalue weighted by atomic mass is 19.4. The Morgan fingerprint density at radius 1 is 0.795 bits per heavy atom. The first-order valence-electron chi connectivity index (χ1n) is 15.6. The lowest BCUT2D eigenvalue weighted by atomic mass is 9.95. The number of benzene rings is 3. The summed E-state index contributed by atoms with van der Waals surface area (Å²) in [7, 11) is 0. The van der Waals surface area contributed by atoms with Gasteiger partial charge in [0.15, 0.2) is 0 Å². The van der Waals surface area contributed by atoms with Gasteiger partial charge in [0.25, 0.3) is 0 Å². The van der Waals surface area contributed by atoms with Gasteiger partial charge in [0, 0.05) is 0 Å². The van der Waals surface area contributed by atoms with E-state index in [0.717, 1.165) is 30.9 Å². The third-order valence-electron chi connectivity index (χ3n) is 7.43. The average Bonchev–Trinajstić information content (AvgIpc) is 3.04. The highest BCUT2D eigenvalue weighted by Crippen LogP contribution is 2.31. The highest BCUT2D eigenvalue weighted by molar-refractivity contribution is 5.78. The maximum Gasteiger partial charge on any atom is 0.416 e. The normalized spacial score (nSPS) is 12.2. The summed E-state index contributed by atoms with van der Waals surface area (Å²) in [4.78, 5) is 0. The molecule has 0 saturated carbocycles. The van der Waals surface area contributed by atoms with Gasteiger partial charge >= 0.3 is 6.18 Å². The molecule has 0 amide bonds. The molecule has 3 heteroatoms. The molecule has 0 nitrogen and oxygen atoms in total. The Hall–Kier alpha value is -3.85. The van der Waals surface area contributed by atoms with Crippen LogP contribution in [0.4, 0.5) is 13.2 Å². The Morgan fingerprint density at radius 3 is 2.02 bits per heavy atom. The molecule has 0 N–H and O–H groups in total. The molecule has 0 aromatic heterocycles. The van der Waals surface area contributed by atoms with Crippen LogP contribution in [0.15, 0.2) is 121 Å². The second kappa shape index (κ2) is 19.4. The first kappa shape index (κ1) is 38.2. The van der Waals surface area contributed by atoms with Crippen molar-refractivity contribution < 1.29 is 13.2 Å². The van der Waals surface area contributed by atoms with Gasteiger partial charge in [-0.25, -0.2) is 0 Å². The number of allylic oxidation sites excluding steroid dienone is 8. The van der Waals surface area contributed by atoms with Crippen LogP contribution in [0.1, 0.15) is 94.7 Å². The van der Waals surface area contributed by atoms with Crippen molar-refractivity contribution in [2.75, 3.05) is 0 Å². The summed E-state index contributed by atoms with van der Waals surface area (Å²) in [5.74, 6) is 0. The zero-order valence-corrected chi connectivity index (χ0v) is 28.0. The third kappa shape index (κ3) is 12.8. The van der Waals surface area contributed by atoms with Crippen molar-refractivity contribution in [3.05, 3.63) is 154 Å². The second-order valence-corrected chi connectivity index (χ2v) is 10.7. The minimum atomic E-state index is -4.31. The maximum absolute atomic E-state index is 12.7. The summed E-state index contributed by atoms with van der Waals surface area (Å²) in [5.41, 5.74) is 10.9. The van der Waals surface area contributed by atoms with Crippen molar-refractivity contribution in [1.82, 2.24) is 0 Å². The molecule has 0 bridgehead atoms. The van der Waals surface area contributed by atoms with Crippen molar-refractivity contribution in [3.63, 3.8) is 0 Å². The molecule has 0 saturated heterocycles. The zero-order chi connectivity index (χ0) is 33.3. The van der Waals surface area contributed by atoms with E-state index in [9.17, 15) is 13.2 Å². The minimum Gasteiger partial charge on any atom is -0.166 e. The summed E-state index contributed by atoms with van der Waals surface area (Å²) in [6.45, 7) is 24.7. The molecule has 3 aromatic rings. The average molecular weight is 601 g/mol. The van der Waals surface area contributed by atoms with Gasteiger partial charge in [0.05, 0.1) is 5.56 Å². The van der Waals surface area contributed by atoms with Crippen LogP contribution in [-0.4, -0.2) is 0 Å². The smallest absolute Gasteiger partial charge is 0.166 e. The Labute approximate surface area is 265 Å². The summed E-state index contributed by atoms with van der Waals surface area (Å²) < 4.78 is 38.2. The summed E-state index contributed by atoms with van der Waals surface area (Å²) >= 11 is 0. The number of halogens is 3. The highest BCUT2D eigenvalue weighted by Gasteiger charge is 2.30.